The minimum absolute atomic E-state index is 0.0631. The first-order chi connectivity index (χ1) is 13.1. The minimum atomic E-state index is -0.648. The molecule has 2 aromatic carbocycles. The number of carbonyl (C=O) groups is 2. The molecule has 0 spiro atoms. The third kappa shape index (κ3) is 3.50. The van der Waals surface area contributed by atoms with Gasteiger partial charge >= 0.3 is 0 Å². The number of hydrogen-bond donors (Lipinski definition) is 1. The van der Waals surface area contributed by atoms with E-state index in [4.69, 9.17) is 4.74 Å². The number of morpholine rings is 1. The third-order valence-corrected chi connectivity index (χ3v) is 4.82. The fourth-order valence-corrected chi connectivity index (χ4v) is 3.47. The summed E-state index contributed by atoms with van der Waals surface area (Å²) < 4.78 is 18.5. The van der Waals surface area contributed by atoms with Crippen molar-refractivity contribution < 1.29 is 18.7 Å². The van der Waals surface area contributed by atoms with E-state index in [2.05, 4.69) is 10.2 Å². The molecule has 140 valence electrons. The van der Waals surface area contributed by atoms with E-state index in [-0.39, 0.29) is 18.2 Å². The Labute approximate surface area is 156 Å². The molecule has 0 aromatic heterocycles. The summed E-state index contributed by atoms with van der Waals surface area (Å²) in [4.78, 5) is 28.5. The summed E-state index contributed by atoms with van der Waals surface area (Å²) in [6.07, 6.45) is 0.0631. The molecule has 1 atom stereocenters. The zero-order chi connectivity index (χ0) is 18.8. The van der Waals surface area contributed by atoms with Crippen LogP contribution >= 0.6 is 0 Å². The van der Waals surface area contributed by atoms with Crippen molar-refractivity contribution in [3.8, 4) is 0 Å². The first kappa shape index (κ1) is 17.5. The van der Waals surface area contributed by atoms with Crippen LogP contribution < -0.4 is 15.1 Å². The molecule has 2 aliphatic rings. The standard InChI is InChI=1S/C20H20FN3O3/c21-14-5-7-15(8-6-14)24-19(25)13-17(20(24)26)22-16-3-1-2-4-18(16)23-9-11-27-12-10-23/h1-8,17,22H,9-13H2/t17-/m1/s1. The SMILES string of the molecule is O=C1C[C@@H](Nc2ccccc2N2CCOCC2)C(=O)N1c1ccc(F)cc1. The van der Waals surface area contributed by atoms with Crippen LogP contribution in [0, 0.1) is 5.82 Å². The van der Waals surface area contributed by atoms with Crippen LogP contribution in [0.5, 0.6) is 0 Å². The van der Waals surface area contributed by atoms with Crippen LogP contribution in [-0.4, -0.2) is 44.2 Å². The highest BCUT2D eigenvalue weighted by Gasteiger charge is 2.40. The van der Waals surface area contributed by atoms with Crippen LogP contribution in [0.25, 0.3) is 0 Å². The number of imide groups is 1. The average Bonchev–Trinajstić information content (AvgIpc) is 2.97. The maximum absolute atomic E-state index is 13.1. The maximum atomic E-state index is 13.1. The molecular weight excluding hydrogens is 349 g/mol. The molecule has 2 aromatic rings. The topological polar surface area (TPSA) is 61.9 Å². The van der Waals surface area contributed by atoms with Gasteiger partial charge in [0.1, 0.15) is 11.9 Å². The number of benzene rings is 2. The average molecular weight is 369 g/mol. The van der Waals surface area contributed by atoms with Crippen LogP contribution in [0.1, 0.15) is 6.42 Å². The van der Waals surface area contributed by atoms with Crippen molar-refractivity contribution in [2.45, 2.75) is 12.5 Å². The van der Waals surface area contributed by atoms with Gasteiger partial charge in [0, 0.05) is 13.1 Å². The van der Waals surface area contributed by atoms with Gasteiger partial charge in [-0.2, -0.15) is 0 Å². The predicted molar refractivity (Wildman–Crippen MR) is 100 cm³/mol. The monoisotopic (exact) mass is 369 g/mol. The van der Waals surface area contributed by atoms with E-state index in [0.29, 0.717) is 18.9 Å². The number of anilines is 3. The number of hydrogen-bond acceptors (Lipinski definition) is 5. The smallest absolute Gasteiger partial charge is 0.256 e. The summed E-state index contributed by atoms with van der Waals surface area (Å²) in [5.74, 6) is -1.04. The van der Waals surface area contributed by atoms with E-state index in [1.807, 2.05) is 24.3 Å². The largest absolute Gasteiger partial charge is 0.378 e. The lowest BCUT2D eigenvalue weighted by Crippen LogP contribution is -2.38. The Morgan fingerprint density at radius 3 is 2.44 bits per heavy atom. The van der Waals surface area contributed by atoms with Gasteiger partial charge in [-0.1, -0.05) is 12.1 Å². The second-order valence-electron chi connectivity index (χ2n) is 6.56. The molecule has 2 heterocycles. The fourth-order valence-electron chi connectivity index (χ4n) is 3.47. The summed E-state index contributed by atoms with van der Waals surface area (Å²) in [5.41, 5.74) is 2.19. The quantitative estimate of drug-likeness (QED) is 0.839. The predicted octanol–water partition coefficient (Wildman–Crippen LogP) is 2.41. The fraction of sp³-hybridized carbons (Fsp3) is 0.300. The highest BCUT2D eigenvalue weighted by Crippen LogP contribution is 2.30. The molecular formula is C20H20FN3O3. The Kier molecular flexibility index (Phi) is 4.77. The van der Waals surface area contributed by atoms with Crippen LogP contribution in [0.4, 0.5) is 21.5 Å². The van der Waals surface area contributed by atoms with E-state index in [1.54, 1.807) is 0 Å². The molecule has 7 heteroatoms. The van der Waals surface area contributed by atoms with Crippen LogP contribution in [0.15, 0.2) is 48.5 Å². The molecule has 0 bridgehead atoms. The Bertz CT molecular complexity index is 850. The van der Waals surface area contributed by atoms with Crippen molar-refractivity contribution in [3.63, 3.8) is 0 Å². The maximum Gasteiger partial charge on any atom is 0.256 e. The van der Waals surface area contributed by atoms with Crippen molar-refractivity contribution in [1.82, 2.24) is 0 Å². The van der Waals surface area contributed by atoms with Crippen molar-refractivity contribution >= 4 is 28.9 Å². The number of halogens is 1. The Hall–Kier alpha value is -2.93. The number of nitrogens with zero attached hydrogens (tertiary/aromatic N) is 2. The van der Waals surface area contributed by atoms with E-state index < -0.39 is 11.9 Å². The molecule has 0 unspecified atom stereocenters. The highest BCUT2D eigenvalue weighted by molar-refractivity contribution is 6.23. The summed E-state index contributed by atoms with van der Waals surface area (Å²) in [5, 5.41) is 3.23. The number of rotatable bonds is 4. The van der Waals surface area contributed by atoms with Gasteiger partial charge in [0.15, 0.2) is 0 Å². The van der Waals surface area contributed by atoms with E-state index in [1.165, 1.54) is 24.3 Å². The second kappa shape index (κ2) is 7.36. The minimum Gasteiger partial charge on any atom is -0.378 e. The van der Waals surface area contributed by atoms with Crippen molar-refractivity contribution in [2.75, 3.05) is 41.4 Å². The lowest BCUT2D eigenvalue weighted by molar-refractivity contribution is -0.121. The first-order valence-corrected chi connectivity index (χ1v) is 8.94. The number of ether oxygens (including phenoxy) is 1. The van der Waals surface area contributed by atoms with Crippen molar-refractivity contribution in [2.24, 2.45) is 0 Å². The summed E-state index contributed by atoms with van der Waals surface area (Å²) in [6.45, 7) is 2.87. The van der Waals surface area contributed by atoms with Gasteiger partial charge < -0.3 is 15.0 Å². The van der Waals surface area contributed by atoms with E-state index in [9.17, 15) is 14.0 Å². The number of nitrogens with one attached hydrogen (secondary N) is 1. The van der Waals surface area contributed by atoms with E-state index in [0.717, 1.165) is 29.4 Å². The molecule has 2 fully saturated rings. The normalized spacial score (nSPS) is 20.3. The molecule has 0 radical (unpaired) electrons. The highest BCUT2D eigenvalue weighted by atomic mass is 19.1. The Morgan fingerprint density at radius 1 is 1.00 bits per heavy atom. The number of amides is 2. The summed E-state index contributed by atoms with van der Waals surface area (Å²) in [6, 6.07) is 12.5. The van der Waals surface area contributed by atoms with Crippen molar-refractivity contribution in [3.05, 3.63) is 54.3 Å². The third-order valence-electron chi connectivity index (χ3n) is 4.82. The van der Waals surface area contributed by atoms with Gasteiger partial charge in [0.2, 0.25) is 5.91 Å². The summed E-state index contributed by atoms with van der Waals surface area (Å²) in [7, 11) is 0. The van der Waals surface area contributed by atoms with Crippen molar-refractivity contribution in [1.29, 1.82) is 0 Å². The lowest BCUT2D eigenvalue weighted by Gasteiger charge is -2.31. The van der Waals surface area contributed by atoms with Crippen LogP contribution in [-0.2, 0) is 14.3 Å². The summed E-state index contributed by atoms with van der Waals surface area (Å²) >= 11 is 0. The zero-order valence-electron chi connectivity index (χ0n) is 14.7. The molecule has 1 N–H and O–H groups in total. The first-order valence-electron chi connectivity index (χ1n) is 8.94. The molecule has 27 heavy (non-hydrogen) atoms. The molecule has 2 saturated heterocycles. The van der Waals surface area contributed by atoms with Gasteiger partial charge in [-0.05, 0) is 36.4 Å². The van der Waals surface area contributed by atoms with Gasteiger partial charge in [-0.25, -0.2) is 9.29 Å². The second-order valence-corrected chi connectivity index (χ2v) is 6.56. The van der Waals surface area contributed by atoms with Gasteiger partial charge in [-0.3, -0.25) is 9.59 Å². The lowest BCUT2D eigenvalue weighted by atomic mass is 10.2. The zero-order valence-corrected chi connectivity index (χ0v) is 14.7. The Balaban J connectivity index is 1.54. The van der Waals surface area contributed by atoms with Gasteiger partial charge in [0.25, 0.3) is 5.91 Å². The molecule has 0 aliphatic carbocycles. The van der Waals surface area contributed by atoms with Crippen LogP contribution in [0.3, 0.4) is 0 Å². The number of carbonyl (C=O) groups excluding carboxylic acids is 2. The molecule has 2 amide bonds. The van der Waals surface area contributed by atoms with E-state index >= 15 is 0 Å². The molecule has 4 rings (SSSR count). The molecule has 0 saturated carbocycles. The van der Waals surface area contributed by atoms with Gasteiger partial charge in [0.05, 0.1) is 36.7 Å². The Morgan fingerprint density at radius 2 is 1.70 bits per heavy atom. The molecule has 6 nitrogen and oxygen atoms in total. The molecule has 2 aliphatic heterocycles. The number of para-hydroxylation sites is 2. The van der Waals surface area contributed by atoms with Crippen LogP contribution in [0.2, 0.25) is 0 Å². The van der Waals surface area contributed by atoms with Gasteiger partial charge in [-0.15, -0.1) is 0 Å².